The molecular weight excluding hydrogens is 406 g/mol. The van der Waals surface area contributed by atoms with Crippen LogP contribution in [-0.4, -0.2) is 56.1 Å². The van der Waals surface area contributed by atoms with Crippen LogP contribution in [0.4, 0.5) is 5.69 Å². The van der Waals surface area contributed by atoms with E-state index >= 15 is 0 Å². The molecule has 7 nitrogen and oxygen atoms in total. The van der Waals surface area contributed by atoms with Gasteiger partial charge in [-0.2, -0.15) is 0 Å². The van der Waals surface area contributed by atoms with Gasteiger partial charge in [0.1, 0.15) is 5.58 Å². The Balaban J connectivity index is 1.16. The van der Waals surface area contributed by atoms with E-state index in [0.29, 0.717) is 12.8 Å². The van der Waals surface area contributed by atoms with E-state index in [1.165, 1.54) is 38.6 Å². The maximum atomic E-state index is 12.3. The lowest BCUT2D eigenvalue weighted by atomic mass is 9.90. The Morgan fingerprint density at radius 3 is 2.62 bits per heavy atom. The van der Waals surface area contributed by atoms with Crippen molar-refractivity contribution in [2.24, 2.45) is 0 Å². The molecule has 174 valence electrons. The van der Waals surface area contributed by atoms with Gasteiger partial charge in [-0.05, 0) is 44.0 Å². The average molecular weight is 442 g/mol. The standard InChI is InChI=1S/C25H35N3O4/c29-24-10-8-20(25(30)27-24)22-18-32-23-9-7-19(17-21(22)23)26-11-5-3-1-2-4-6-12-28-13-15-31-16-14-28/h7,9,17-18,20,26H,1-6,8,10-16H2,(H,27,29,30). The van der Waals surface area contributed by atoms with Gasteiger partial charge in [0, 0.05) is 42.7 Å². The Morgan fingerprint density at radius 2 is 1.81 bits per heavy atom. The zero-order chi connectivity index (χ0) is 22.2. The number of piperidine rings is 1. The maximum Gasteiger partial charge on any atom is 0.234 e. The molecule has 2 aromatic rings. The topological polar surface area (TPSA) is 83.8 Å². The summed E-state index contributed by atoms with van der Waals surface area (Å²) < 4.78 is 11.1. The van der Waals surface area contributed by atoms with E-state index < -0.39 is 0 Å². The van der Waals surface area contributed by atoms with Crippen molar-refractivity contribution in [1.29, 1.82) is 0 Å². The number of fused-ring (bicyclic) bond motifs is 1. The number of amides is 2. The van der Waals surface area contributed by atoms with Crippen LogP contribution < -0.4 is 10.6 Å². The number of benzene rings is 1. The van der Waals surface area contributed by atoms with Crippen molar-refractivity contribution in [3.8, 4) is 0 Å². The molecular formula is C25H35N3O4. The molecule has 3 heterocycles. The highest BCUT2D eigenvalue weighted by Gasteiger charge is 2.30. The smallest absolute Gasteiger partial charge is 0.234 e. The van der Waals surface area contributed by atoms with E-state index in [0.717, 1.165) is 61.5 Å². The molecule has 2 aliphatic rings. The first-order valence-corrected chi connectivity index (χ1v) is 12.1. The number of furan rings is 1. The Morgan fingerprint density at radius 1 is 1.03 bits per heavy atom. The van der Waals surface area contributed by atoms with Crippen molar-refractivity contribution in [3.63, 3.8) is 0 Å². The second kappa shape index (κ2) is 11.5. The first kappa shape index (κ1) is 22.8. The largest absolute Gasteiger partial charge is 0.464 e. The number of rotatable bonds is 11. The zero-order valence-corrected chi connectivity index (χ0v) is 18.9. The molecule has 2 fully saturated rings. The molecule has 7 heteroatoms. The molecule has 1 aromatic carbocycles. The number of nitrogens with one attached hydrogen (secondary N) is 2. The number of anilines is 1. The van der Waals surface area contributed by atoms with E-state index in [1.54, 1.807) is 6.26 Å². The van der Waals surface area contributed by atoms with Crippen LogP contribution >= 0.6 is 0 Å². The molecule has 0 radical (unpaired) electrons. The number of carbonyl (C=O) groups excluding carboxylic acids is 2. The molecule has 1 aromatic heterocycles. The number of carbonyl (C=O) groups is 2. The molecule has 2 aliphatic heterocycles. The third kappa shape index (κ3) is 6.11. The minimum Gasteiger partial charge on any atom is -0.464 e. The van der Waals surface area contributed by atoms with Crippen molar-refractivity contribution in [2.75, 3.05) is 44.7 Å². The second-order valence-electron chi connectivity index (χ2n) is 8.91. The third-order valence-electron chi connectivity index (χ3n) is 6.55. The molecule has 2 saturated heterocycles. The number of hydrogen-bond acceptors (Lipinski definition) is 6. The lowest BCUT2D eigenvalue weighted by Crippen LogP contribution is -2.39. The number of ether oxygens (including phenoxy) is 1. The molecule has 1 unspecified atom stereocenters. The van der Waals surface area contributed by atoms with E-state index in [1.807, 2.05) is 12.1 Å². The summed E-state index contributed by atoms with van der Waals surface area (Å²) in [4.78, 5) is 26.2. The summed E-state index contributed by atoms with van der Waals surface area (Å²) in [5, 5.41) is 6.89. The van der Waals surface area contributed by atoms with Crippen LogP contribution in [0.1, 0.15) is 62.8 Å². The van der Waals surface area contributed by atoms with E-state index in [2.05, 4.69) is 21.6 Å². The quantitative estimate of drug-likeness (QED) is 0.405. The normalized spacial score (nSPS) is 19.9. The van der Waals surface area contributed by atoms with Gasteiger partial charge in [0.2, 0.25) is 11.8 Å². The predicted octanol–water partition coefficient (Wildman–Crippen LogP) is 4.04. The molecule has 0 saturated carbocycles. The number of hydrogen-bond donors (Lipinski definition) is 2. The Bertz CT molecular complexity index is 904. The van der Waals surface area contributed by atoms with Gasteiger partial charge in [-0.3, -0.25) is 19.8 Å². The van der Waals surface area contributed by atoms with Gasteiger partial charge >= 0.3 is 0 Å². The fraction of sp³-hybridized carbons (Fsp3) is 0.600. The first-order chi connectivity index (χ1) is 15.7. The minimum absolute atomic E-state index is 0.196. The predicted molar refractivity (Wildman–Crippen MR) is 125 cm³/mol. The highest BCUT2D eigenvalue weighted by Crippen LogP contribution is 2.33. The molecule has 0 aliphatic carbocycles. The van der Waals surface area contributed by atoms with Crippen molar-refractivity contribution in [1.82, 2.24) is 10.2 Å². The number of imide groups is 1. The third-order valence-corrected chi connectivity index (χ3v) is 6.55. The van der Waals surface area contributed by atoms with Crippen molar-refractivity contribution >= 4 is 28.5 Å². The molecule has 0 bridgehead atoms. The average Bonchev–Trinajstić information content (AvgIpc) is 3.22. The summed E-state index contributed by atoms with van der Waals surface area (Å²) in [7, 11) is 0. The number of unbranched alkanes of at least 4 members (excludes halogenated alkanes) is 5. The van der Waals surface area contributed by atoms with Crippen molar-refractivity contribution in [2.45, 2.75) is 57.3 Å². The van der Waals surface area contributed by atoms with E-state index in [4.69, 9.17) is 9.15 Å². The summed E-state index contributed by atoms with van der Waals surface area (Å²) >= 11 is 0. The fourth-order valence-electron chi connectivity index (χ4n) is 4.64. The highest BCUT2D eigenvalue weighted by atomic mass is 16.5. The highest BCUT2D eigenvalue weighted by molar-refractivity contribution is 6.02. The van der Waals surface area contributed by atoms with Crippen LogP contribution in [0, 0.1) is 0 Å². The van der Waals surface area contributed by atoms with Crippen LogP contribution in [0.3, 0.4) is 0 Å². The molecule has 4 rings (SSSR count). The monoisotopic (exact) mass is 441 g/mol. The molecule has 0 spiro atoms. The van der Waals surface area contributed by atoms with Gasteiger partial charge in [0.15, 0.2) is 0 Å². The molecule has 2 N–H and O–H groups in total. The summed E-state index contributed by atoms with van der Waals surface area (Å²) in [6.07, 6.45) is 10.1. The minimum atomic E-state index is -0.326. The van der Waals surface area contributed by atoms with E-state index in [9.17, 15) is 9.59 Å². The molecule has 2 amide bonds. The second-order valence-corrected chi connectivity index (χ2v) is 8.91. The summed E-state index contributed by atoms with van der Waals surface area (Å²) in [6, 6.07) is 6.02. The summed E-state index contributed by atoms with van der Waals surface area (Å²) in [5.74, 6) is -0.752. The van der Waals surface area contributed by atoms with Gasteiger partial charge in [0.25, 0.3) is 0 Å². The lowest BCUT2D eigenvalue weighted by Gasteiger charge is -2.26. The van der Waals surface area contributed by atoms with Crippen molar-refractivity contribution in [3.05, 3.63) is 30.0 Å². The maximum absolute atomic E-state index is 12.3. The van der Waals surface area contributed by atoms with E-state index in [-0.39, 0.29) is 17.7 Å². The van der Waals surface area contributed by atoms with Gasteiger partial charge in [-0.1, -0.05) is 25.7 Å². The van der Waals surface area contributed by atoms with Crippen LogP contribution in [0.2, 0.25) is 0 Å². The van der Waals surface area contributed by atoms with Gasteiger partial charge < -0.3 is 14.5 Å². The van der Waals surface area contributed by atoms with Gasteiger partial charge in [-0.15, -0.1) is 0 Å². The molecule has 1 atom stereocenters. The van der Waals surface area contributed by atoms with Crippen molar-refractivity contribution < 1.29 is 18.7 Å². The Hall–Kier alpha value is -2.38. The van der Waals surface area contributed by atoms with Crippen LogP contribution in [0.5, 0.6) is 0 Å². The summed E-state index contributed by atoms with van der Waals surface area (Å²) in [6.45, 7) is 6.10. The summed E-state index contributed by atoms with van der Waals surface area (Å²) in [5.41, 5.74) is 2.68. The first-order valence-electron chi connectivity index (χ1n) is 12.1. The Labute approximate surface area is 189 Å². The number of morpholine rings is 1. The fourth-order valence-corrected chi connectivity index (χ4v) is 4.64. The van der Waals surface area contributed by atoms with Gasteiger partial charge in [-0.25, -0.2) is 0 Å². The number of nitrogens with zero attached hydrogens (tertiary/aromatic N) is 1. The van der Waals surface area contributed by atoms with Crippen LogP contribution in [-0.2, 0) is 14.3 Å². The van der Waals surface area contributed by atoms with Crippen LogP contribution in [0.15, 0.2) is 28.9 Å². The Kier molecular flexibility index (Phi) is 8.18. The lowest BCUT2D eigenvalue weighted by molar-refractivity contribution is -0.134. The zero-order valence-electron chi connectivity index (χ0n) is 18.9. The molecule has 32 heavy (non-hydrogen) atoms. The SMILES string of the molecule is O=C1CCC(c2coc3ccc(NCCCCCCCCN4CCOCC4)cc23)C(=O)N1. The van der Waals surface area contributed by atoms with Crippen LogP contribution in [0.25, 0.3) is 11.0 Å². The van der Waals surface area contributed by atoms with Gasteiger partial charge in [0.05, 0.1) is 25.4 Å².